The largest absolute Gasteiger partial charge is 0.355 e. The Balaban J connectivity index is 2.33. The van der Waals surface area contributed by atoms with Crippen molar-refractivity contribution < 1.29 is 9.00 Å². The lowest BCUT2D eigenvalue weighted by atomic mass is 10.5. The van der Waals surface area contributed by atoms with Gasteiger partial charge >= 0.3 is 0 Å². The molecule has 1 atom stereocenters. The Labute approximate surface area is 110 Å². The van der Waals surface area contributed by atoms with Crippen LogP contribution in [0.3, 0.4) is 0 Å². The van der Waals surface area contributed by atoms with Crippen LogP contribution >= 0.6 is 27.3 Å². The predicted octanol–water partition coefficient (Wildman–Crippen LogP) is 2.29. The molecule has 1 rings (SSSR count). The van der Waals surface area contributed by atoms with Gasteiger partial charge in [-0.1, -0.05) is 6.92 Å². The fourth-order valence-corrected chi connectivity index (χ4v) is 3.92. The molecule has 16 heavy (non-hydrogen) atoms. The first-order valence-electron chi connectivity index (χ1n) is 4.97. The molecule has 0 saturated heterocycles. The number of hydrogen-bond acceptors (Lipinski definition) is 3. The molecule has 0 aliphatic rings. The van der Waals surface area contributed by atoms with Crippen LogP contribution in [0, 0.1) is 0 Å². The van der Waals surface area contributed by atoms with Gasteiger partial charge < -0.3 is 5.32 Å². The molecule has 90 valence electrons. The minimum absolute atomic E-state index is 0.0928. The van der Waals surface area contributed by atoms with Crippen molar-refractivity contribution in [3.63, 3.8) is 0 Å². The molecule has 0 fully saturated rings. The second kappa shape index (κ2) is 7.19. The molecule has 1 heterocycles. The van der Waals surface area contributed by atoms with Crippen LogP contribution in [0.5, 0.6) is 0 Å². The number of nitrogens with one attached hydrogen (secondary N) is 1. The van der Waals surface area contributed by atoms with Gasteiger partial charge in [-0.15, -0.1) is 11.3 Å². The molecule has 6 heteroatoms. The van der Waals surface area contributed by atoms with Gasteiger partial charge in [0.1, 0.15) is 5.75 Å². The summed E-state index contributed by atoms with van der Waals surface area (Å²) < 4.78 is 12.7. The first kappa shape index (κ1) is 13.9. The normalized spacial score (nSPS) is 12.4. The maximum Gasteiger partial charge on any atom is 0.232 e. The Hall–Kier alpha value is -0.200. The molecule has 0 aromatic carbocycles. The summed E-state index contributed by atoms with van der Waals surface area (Å²) in [5.74, 6) is 0.418. The third kappa shape index (κ3) is 5.23. The average molecular weight is 324 g/mol. The highest BCUT2D eigenvalue weighted by Gasteiger charge is 2.09. The Kier molecular flexibility index (Phi) is 6.23. The summed E-state index contributed by atoms with van der Waals surface area (Å²) in [6.45, 7) is 2.64. The standard InChI is InChI=1S/C10H14BrNO2S2/c1-2-5-12-10(13)7-16(14)6-8-3-4-9(11)15-8/h3-4H,2,5-7H2,1H3,(H,12,13)/t16-/m1/s1. The van der Waals surface area contributed by atoms with E-state index in [1.165, 1.54) is 0 Å². The van der Waals surface area contributed by atoms with Gasteiger partial charge in [-0.2, -0.15) is 0 Å². The molecule has 0 aliphatic heterocycles. The van der Waals surface area contributed by atoms with Gasteiger partial charge in [0.05, 0.1) is 9.54 Å². The van der Waals surface area contributed by atoms with Crippen LogP contribution in [-0.2, 0) is 21.3 Å². The van der Waals surface area contributed by atoms with Crippen LogP contribution in [0.4, 0.5) is 0 Å². The zero-order valence-corrected chi connectivity index (χ0v) is 12.2. The topological polar surface area (TPSA) is 46.2 Å². The summed E-state index contributed by atoms with van der Waals surface area (Å²) in [5.41, 5.74) is 0. The minimum Gasteiger partial charge on any atom is -0.355 e. The van der Waals surface area contributed by atoms with E-state index in [-0.39, 0.29) is 11.7 Å². The molecule has 1 aromatic heterocycles. The highest BCUT2D eigenvalue weighted by molar-refractivity contribution is 9.11. The molecule has 1 amide bonds. The number of halogens is 1. The molecule has 0 spiro atoms. The number of carbonyl (C=O) groups is 1. The van der Waals surface area contributed by atoms with Gasteiger partial charge in [0.15, 0.2) is 0 Å². The maximum atomic E-state index is 11.6. The van der Waals surface area contributed by atoms with Crippen LogP contribution in [0.25, 0.3) is 0 Å². The fraction of sp³-hybridized carbons (Fsp3) is 0.500. The Morgan fingerprint density at radius 1 is 1.56 bits per heavy atom. The molecule has 0 bridgehead atoms. The second-order valence-corrected chi connectivity index (χ2v) is 7.29. The number of amides is 1. The smallest absolute Gasteiger partial charge is 0.232 e. The molecule has 1 aromatic rings. The molecule has 1 N–H and O–H groups in total. The van der Waals surface area contributed by atoms with Crippen molar-refractivity contribution in [3.8, 4) is 0 Å². The third-order valence-corrected chi connectivity index (χ3v) is 4.82. The van der Waals surface area contributed by atoms with E-state index in [0.29, 0.717) is 12.3 Å². The second-order valence-electron chi connectivity index (χ2n) is 3.28. The number of carbonyl (C=O) groups excluding carboxylic acids is 1. The summed E-state index contributed by atoms with van der Waals surface area (Å²) in [7, 11) is -1.11. The van der Waals surface area contributed by atoms with E-state index in [1.54, 1.807) is 11.3 Å². The van der Waals surface area contributed by atoms with Crippen LogP contribution < -0.4 is 5.32 Å². The predicted molar refractivity (Wildman–Crippen MR) is 72.0 cm³/mol. The van der Waals surface area contributed by atoms with Crippen LogP contribution in [0.2, 0.25) is 0 Å². The Morgan fingerprint density at radius 2 is 2.31 bits per heavy atom. The molecule has 0 aliphatic carbocycles. The summed E-state index contributed by atoms with van der Waals surface area (Å²) in [4.78, 5) is 12.3. The third-order valence-electron chi connectivity index (χ3n) is 1.80. The first-order chi connectivity index (χ1) is 7.61. The van der Waals surface area contributed by atoms with Crippen molar-refractivity contribution in [2.45, 2.75) is 19.1 Å². The van der Waals surface area contributed by atoms with Crippen molar-refractivity contribution in [3.05, 3.63) is 20.8 Å². The molecule has 0 unspecified atom stereocenters. The van der Waals surface area contributed by atoms with E-state index in [1.807, 2.05) is 19.1 Å². The molecular weight excluding hydrogens is 310 g/mol. The maximum absolute atomic E-state index is 11.6. The first-order valence-corrected chi connectivity index (χ1v) is 8.07. The highest BCUT2D eigenvalue weighted by Crippen LogP contribution is 2.23. The van der Waals surface area contributed by atoms with E-state index < -0.39 is 10.8 Å². The molecule has 0 saturated carbocycles. The van der Waals surface area contributed by atoms with Crippen LogP contribution in [0.15, 0.2) is 15.9 Å². The molecular formula is C10H14BrNO2S2. The van der Waals surface area contributed by atoms with E-state index in [4.69, 9.17) is 0 Å². The van der Waals surface area contributed by atoms with Gasteiger partial charge in [-0.25, -0.2) is 0 Å². The van der Waals surface area contributed by atoms with Gasteiger partial charge in [0, 0.05) is 22.2 Å². The summed E-state index contributed by atoms with van der Waals surface area (Å²) >= 11 is 4.90. The lowest BCUT2D eigenvalue weighted by Gasteiger charge is -2.02. The van der Waals surface area contributed by atoms with Crippen molar-refractivity contribution in [1.29, 1.82) is 0 Å². The van der Waals surface area contributed by atoms with E-state index in [2.05, 4.69) is 21.2 Å². The zero-order chi connectivity index (χ0) is 12.0. The lowest BCUT2D eigenvalue weighted by Crippen LogP contribution is -2.29. The van der Waals surface area contributed by atoms with Gasteiger partial charge in [0.25, 0.3) is 0 Å². The minimum atomic E-state index is -1.11. The van der Waals surface area contributed by atoms with Gasteiger partial charge in [0.2, 0.25) is 5.91 Å². The zero-order valence-electron chi connectivity index (χ0n) is 8.99. The van der Waals surface area contributed by atoms with Crippen molar-refractivity contribution >= 4 is 44.0 Å². The van der Waals surface area contributed by atoms with E-state index >= 15 is 0 Å². The average Bonchev–Trinajstić information content (AvgIpc) is 2.60. The van der Waals surface area contributed by atoms with E-state index in [9.17, 15) is 9.00 Å². The highest BCUT2D eigenvalue weighted by atomic mass is 79.9. The number of hydrogen-bond donors (Lipinski definition) is 1. The molecule has 3 nitrogen and oxygen atoms in total. The fourth-order valence-electron chi connectivity index (χ4n) is 1.10. The monoisotopic (exact) mass is 323 g/mol. The van der Waals surface area contributed by atoms with Crippen LogP contribution in [-0.4, -0.2) is 22.4 Å². The summed E-state index contributed by atoms with van der Waals surface area (Å²) in [6.07, 6.45) is 0.899. The van der Waals surface area contributed by atoms with Gasteiger partial charge in [-0.05, 0) is 34.5 Å². The summed E-state index contributed by atoms with van der Waals surface area (Å²) in [5, 5.41) is 2.72. The summed E-state index contributed by atoms with van der Waals surface area (Å²) in [6, 6.07) is 3.85. The Morgan fingerprint density at radius 3 is 2.88 bits per heavy atom. The van der Waals surface area contributed by atoms with Crippen molar-refractivity contribution in [2.24, 2.45) is 0 Å². The van der Waals surface area contributed by atoms with E-state index in [0.717, 1.165) is 15.1 Å². The Bertz CT molecular complexity index is 379. The SMILES string of the molecule is CCCNC(=O)C[S@](=O)Cc1ccc(Br)s1. The van der Waals surface area contributed by atoms with Crippen molar-refractivity contribution in [1.82, 2.24) is 5.32 Å². The number of rotatable bonds is 6. The van der Waals surface area contributed by atoms with Crippen molar-refractivity contribution in [2.75, 3.05) is 12.3 Å². The quantitative estimate of drug-likeness (QED) is 0.873. The molecule has 0 radical (unpaired) electrons. The number of thiophene rings is 1. The van der Waals surface area contributed by atoms with Crippen LogP contribution in [0.1, 0.15) is 18.2 Å². The lowest BCUT2D eigenvalue weighted by molar-refractivity contribution is -0.118. The van der Waals surface area contributed by atoms with Gasteiger partial charge in [-0.3, -0.25) is 9.00 Å².